The molecule has 1 atom stereocenters. The van der Waals surface area contributed by atoms with E-state index in [0.29, 0.717) is 23.5 Å². The fourth-order valence-corrected chi connectivity index (χ4v) is 1.92. The van der Waals surface area contributed by atoms with Crippen LogP contribution in [0.2, 0.25) is 0 Å². The molecular weight excluding hydrogens is 246 g/mol. The van der Waals surface area contributed by atoms with Gasteiger partial charge in [-0.25, -0.2) is 4.79 Å². The van der Waals surface area contributed by atoms with Gasteiger partial charge < -0.3 is 14.5 Å². The highest BCUT2D eigenvalue weighted by molar-refractivity contribution is 5.97. The Balaban J connectivity index is 2.81. The van der Waals surface area contributed by atoms with Gasteiger partial charge in [0.05, 0.1) is 12.7 Å². The van der Waals surface area contributed by atoms with Crippen molar-refractivity contribution < 1.29 is 18.7 Å². The maximum absolute atomic E-state index is 12.1. The van der Waals surface area contributed by atoms with E-state index in [4.69, 9.17) is 9.15 Å². The molecule has 0 aliphatic heterocycles. The van der Waals surface area contributed by atoms with Crippen molar-refractivity contribution in [3.05, 3.63) is 23.2 Å². The minimum absolute atomic E-state index is 0.275. The molecule has 1 unspecified atom stereocenters. The molecule has 1 N–H and O–H groups in total. The molecule has 1 heterocycles. The molecule has 0 bridgehead atoms. The van der Waals surface area contributed by atoms with Gasteiger partial charge in [-0.1, -0.05) is 13.8 Å². The van der Waals surface area contributed by atoms with Gasteiger partial charge in [0.2, 0.25) is 0 Å². The van der Waals surface area contributed by atoms with Crippen LogP contribution in [0.4, 0.5) is 0 Å². The summed E-state index contributed by atoms with van der Waals surface area (Å²) in [5.74, 6) is 0.742. The molecule has 0 radical (unpaired) electrons. The highest BCUT2D eigenvalue weighted by Gasteiger charge is 2.24. The van der Waals surface area contributed by atoms with Crippen LogP contribution in [-0.4, -0.2) is 25.0 Å². The van der Waals surface area contributed by atoms with Crippen LogP contribution >= 0.6 is 0 Å². The number of methoxy groups -OCH3 is 1. The predicted octanol–water partition coefficient (Wildman–Crippen LogP) is 2.21. The highest BCUT2D eigenvalue weighted by Crippen LogP contribution is 2.14. The zero-order valence-electron chi connectivity index (χ0n) is 12.1. The molecular formula is C14H21NO4. The summed E-state index contributed by atoms with van der Waals surface area (Å²) in [5.41, 5.74) is 0.454. The number of rotatable bonds is 5. The first-order valence-electron chi connectivity index (χ1n) is 6.30. The van der Waals surface area contributed by atoms with E-state index in [1.807, 2.05) is 13.8 Å². The molecule has 0 saturated heterocycles. The third-order valence-electron chi connectivity index (χ3n) is 2.78. The number of esters is 1. The molecule has 0 aliphatic carbocycles. The molecule has 19 heavy (non-hydrogen) atoms. The van der Waals surface area contributed by atoms with Gasteiger partial charge in [-0.2, -0.15) is 0 Å². The Kier molecular flexibility index (Phi) is 5.15. The van der Waals surface area contributed by atoms with Gasteiger partial charge in [0.15, 0.2) is 0 Å². The lowest BCUT2D eigenvalue weighted by Gasteiger charge is -2.18. The summed E-state index contributed by atoms with van der Waals surface area (Å²) in [5, 5.41) is 2.70. The molecule has 1 aromatic rings. The Hall–Kier alpha value is -1.78. The van der Waals surface area contributed by atoms with E-state index < -0.39 is 12.0 Å². The zero-order chi connectivity index (χ0) is 14.6. The van der Waals surface area contributed by atoms with Crippen LogP contribution in [0.1, 0.15) is 42.1 Å². The summed E-state index contributed by atoms with van der Waals surface area (Å²) in [6, 6.07) is 1.03. The Bertz CT molecular complexity index is 462. The van der Waals surface area contributed by atoms with Gasteiger partial charge in [-0.3, -0.25) is 4.79 Å². The highest BCUT2D eigenvalue weighted by atomic mass is 16.5. The van der Waals surface area contributed by atoms with Crippen LogP contribution in [0, 0.1) is 19.8 Å². The quantitative estimate of drug-likeness (QED) is 0.830. The van der Waals surface area contributed by atoms with Gasteiger partial charge in [0, 0.05) is 0 Å². The van der Waals surface area contributed by atoms with E-state index in [1.54, 1.807) is 19.9 Å². The van der Waals surface area contributed by atoms with Gasteiger partial charge >= 0.3 is 5.97 Å². The minimum atomic E-state index is -0.632. The SMILES string of the molecule is COC(=O)C(CC(C)C)NC(=O)c1cc(C)oc1C. The van der Waals surface area contributed by atoms with E-state index in [1.165, 1.54) is 7.11 Å². The van der Waals surface area contributed by atoms with Gasteiger partial charge in [-0.15, -0.1) is 0 Å². The summed E-state index contributed by atoms with van der Waals surface area (Å²) < 4.78 is 10.0. The smallest absolute Gasteiger partial charge is 0.328 e. The molecule has 1 aromatic heterocycles. The Morgan fingerprint density at radius 3 is 2.42 bits per heavy atom. The van der Waals surface area contributed by atoms with Crippen LogP contribution in [0.15, 0.2) is 10.5 Å². The maximum atomic E-state index is 12.1. The van der Waals surface area contributed by atoms with E-state index >= 15 is 0 Å². The third kappa shape index (κ3) is 4.12. The van der Waals surface area contributed by atoms with Crippen LogP contribution in [0.5, 0.6) is 0 Å². The summed E-state index contributed by atoms with van der Waals surface area (Å²) in [4.78, 5) is 23.8. The lowest BCUT2D eigenvalue weighted by atomic mass is 10.0. The van der Waals surface area contributed by atoms with Crippen LogP contribution < -0.4 is 5.32 Å². The molecule has 0 spiro atoms. The first-order chi connectivity index (χ1) is 8.85. The lowest BCUT2D eigenvalue weighted by molar-refractivity contribution is -0.143. The fraction of sp³-hybridized carbons (Fsp3) is 0.571. The topological polar surface area (TPSA) is 68.5 Å². The first kappa shape index (κ1) is 15.3. The number of furan rings is 1. The molecule has 0 saturated carbocycles. The maximum Gasteiger partial charge on any atom is 0.328 e. The Labute approximate surface area is 113 Å². The average Bonchev–Trinajstić information content (AvgIpc) is 2.66. The summed E-state index contributed by atoms with van der Waals surface area (Å²) in [6.45, 7) is 7.46. The number of carbonyl (C=O) groups excluding carboxylic acids is 2. The Morgan fingerprint density at radius 1 is 1.37 bits per heavy atom. The molecule has 0 fully saturated rings. The molecule has 0 aliphatic rings. The molecule has 5 nitrogen and oxygen atoms in total. The largest absolute Gasteiger partial charge is 0.467 e. The number of aryl methyl sites for hydroxylation is 2. The number of hydrogen-bond acceptors (Lipinski definition) is 4. The monoisotopic (exact) mass is 267 g/mol. The average molecular weight is 267 g/mol. The van der Waals surface area contributed by atoms with Crippen LogP contribution in [-0.2, 0) is 9.53 Å². The van der Waals surface area contributed by atoms with E-state index in [-0.39, 0.29) is 11.8 Å². The summed E-state index contributed by atoms with van der Waals surface area (Å²) in [7, 11) is 1.31. The minimum Gasteiger partial charge on any atom is -0.467 e. The van der Waals surface area contributed by atoms with Crippen molar-refractivity contribution in [3.8, 4) is 0 Å². The van der Waals surface area contributed by atoms with Crippen LogP contribution in [0.25, 0.3) is 0 Å². The summed E-state index contributed by atoms with van der Waals surface area (Å²) >= 11 is 0. The van der Waals surface area contributed by atoms with E-state index in [9.17, 15) is 9.59 Å². The zero-order valence-corrected chi connectivity index (χ0v) is 12.1. The second-order valence-corrected chi connectivity index (χ2v) is 5.01. The van der Waals surface area contributed by atoms with Gasteiger partial charge in [-0.05, 0) is 32.3 Å². The van der Waals surface area contributed by atoms with Crippen molar-refractivity contribution in [3.63, 3.8) is 0 Å². The van der Waals surface area contributed by atoms with Crippen molar-refractivity contribution in [2.75, 3.05) is 7.11 Å². The second-order valence-electron chi connectivity index (χ2n) is 5.01. The third-order valence-corrected chi connectivity index (χ3v) is 2.78. The molecule has 1 amide bonds. The first-order valence-corrected chi connectivity index (χ1v) is 6.30. The van der Waals surface area contributed by atoms with Gasteiger partial charge in [0.25, 0.3) is 5.91 Å². The number of hydrogen-bond donors (Lipinski definition) is 1. The standard InChI is InChI=1S/C14H21NO4/c1-8(2)6-12(14(17)18-5)15-13(16)11-7-9(3)19-10(11)4/h7-8,12H,6H2,1-5H3,(H,15,16). The molecule has 5 heteroatoms. The lowest BCUT2D eigenvalue weighted by Crippen LogP contribution is -2.42. The van der Waals surface area contributed by atoms with E-state index in [2.05, 4.69) is 5.32 Å². The van der Waals surface area contributed by atoms with Crippen molar-refractivity contribution >= 4 is 11.9 Å². The fourth-order valence-electron chi connectivity index (χ4n) is 1.92. The van der Waals surface area contributed by atoms with E-state index in [0.717, 1.165) is 0 Å². The van der Waals surface area contributed by atoms with Crippen molar-refractivity contribution in [2.45, 2.75) is 40.2 Å². The van der Waals surface area contributed by atoms with Crippen LogP contribution in [0.3, 0.4) is 0 Å². The van der Waals surface area contributed by atoms with Crippen molar-refractivity contribution in [1.82, 2.24) is 5.32 Å². The van der Waals surface area contributed by atoms with Gasteiger partial charge in [0.1, 0.15) is 17.6 Å². The van der Waals surface area contributed by atoms with Crippen molar-refractivity contribution in [2.24, 2.45) is 5.92 Å². The van der Waals surface area contributed by atoms with Crippen molar-refractivity contribution in [1.29, 1.82) is 0 Å². The second kappa shape index (κ2) is 6.41. The number of nitrogens with one attached hydrogen (secondary N) is 1. The predicted molar refractivity (Wildman–Crippen MR) is 70.9 cm³/mol. The molecule has 106 valence electrons. The number of ether oxygens (including phenoxy) is 1. The Morgan fingerprint density at radius 2 is 2.00 bits per heavy atom. The number of amides is 1. The number of carbonyl (C=O) groups is 2. The normalized spacial score (nSPS) is 12.3. The summed E-state index contributed by atoms with van der Waals surface area (Å²) in [6.07, 6.45) is 0.536. The molecule has 0 aromatic carbocycles. The molecule has 1 rings (SSSR count).